The van der Waals surface area contributed by atoms with Gasteiger partial charge in [0.2, 0.25) is 0 Å². The van der Waals surface area contributed by atoms with Crippen molar-refractivity contribution in [2.75, 3.05) is 0 Å². The maximum Gasteiger partial charge on any atom is 0.287 e. The molecule has 0 aliphatic heterocycles. The number of carbonyl (C=O) groups excluding carboxylic acids is 1. The van der Waals surface area contributed by atoms with Crippen molar-refractivity contribution in [2.45, 2.75) is 11.4 Å². The molecule has 0 fully saturated rings. The quantitative estimate of drug-likeness (QED) is 0.743. The fourth-order valence-corrected chi connectivity index (χ4v) is 2.34. The number of furan rings is 1. The largest absolute Gasteiger partial charge is 0.768 e. The Hall–Kier alpha value is -2.51. The summed E-state index contributed by atoms with van der Waals surface area (Å²) in [7, 11) is 0. The molecule has 0 radical (unpaired) electrons. The van der Waals surface area contributed by atoms with Crippen molar-refractivity contribution in [1.82, 2.24) is 10.3 Å². The minimum atomic E-state index is -2.25. The Morgan fingerprint density at radius 2 is 2.05 bits per heavy atom. The summed E-state index contributed by atoms with van der Waals surface area (Å²) in [5.41, 5.74) is 1.34. The zero-order valence-electron chi connectivity index (χ0n) is 11.3. The van der Waals surface area contributed by atoms with Crippen molar-refractivity contribution < 1.29 is 18.0 Å². The number of benzene rings is 1. The van der Waals surface area contributed by atoms with E-state index in [-0.39, 0.29) is 23.1 Å². The molecule has 1 unspecified atom stereocenters. The molecule has 0 bridgehead atoms. The summed E-state index contributed by atoms with van der Waals surface area (Å²) in [6.45, 7) is 0.278. The van der Waals surface area contributed by atoms with Gasteiger partial charge in [-0.1, -0.05) is 12.1 Å². The molecule has 0 aliphatic carbocycles. The van der Waals surface area contributed by atoms with Crippen LogP contribution in [0.3, 0.4) is 0 Å². The first kappa shape index (κ1) is 14.4. The molecule has 1 N–H and O–H groups in total. The highest BCUT2D eigenvalue weighted by Gasteiger charge is 2.11. The Kier molecular flexibility index (Phi) is 3.99. The van der Waals surface area contributed by atoms with Crippen LogP contribution in [0.25, 0.3) is 11.0 Å². The molecule has 6 nitrogen and oxygen atoms in total. The van der Waals surface area contributed by atoms with Gasteiger partial charge in [-0.15, -0.1) is 0 Å². The van der Waals surface area contributed by atoms with E-state index < -0.39 is 11.1 Å². The Morgan fingerprint density at radius 1 is 1.27 bits per heavy atom. The summed E-state index contributed by atoms with van der Waals surface area (Å²) >= 11 is -2.25. The first-order valence-corrected chi connectivity index (χ1v) is 7.51. The van der Waals surface area contributed by atoms with Gasteiger partial charge in [0.15, 0.2) is 11.3 Å². The minimum absolute atomic E-state index is 0.208. The van der Waals surface area contributed by atoms with Crippen molar-refractivity contribution in [3.8, 4) is 0 Å². The Morgan fingerprint density at radius 3 is 2.73 bits per heavy atom. The molecule has 0 aliphatic rings. The van der Waals surface area contributed by atoms with Crippen LogP contribution in [-0.2, 0) is 17.6 Å². The van der Waals surface area contributed by atoms with Gasteiger partial charge in [-0.05, 0) is 40.9 Å². The fraction of sp³-hybridized carbons (Fsp3) is 0.0667. The second kappa shape index (κ2) is 6.08. The van der Waals surface area contributed by atoms with Gasteiger partial charge in [-0.2, -0.15) is 0 Å². The average molecular weight is 315 g/mol. The number of hydrogen-bond acceptors (Lipinski definition) is 5. The second-order valence-electron chi connectivity index (χ2n) is 4.59. The van der Waals surface area contributed by atoms with Crippen LogP contribution in [0, 0.1) is 0 Å². The third kappa shape index (κ3) is 3.05. The summed E-state index contributed by atoms with van der Waals surface area (Å²) in [5.74, 6) is -0.132. The number of nitrogens with zero attached hydrogens (tertiary/aromatic N) is 1. The van der Waals surface area contributed by atoms with Gasteiger partial charge in [-0.25, -0.2) is 0 Å². The Bertz CT molecular complexity index is 809. The fourth-order valence-electron chi connectivity index (χ4n) is 1.98. The molecule has 1 aromatic carbocycles. The van der Waals surface area contributed by atoms with Gasteiger partial charge in [-0.3, -0.25) is 14.0 Å². The maximum absolute atomic E-state index is 12.0. The second-order valence-corrected chi connectivity index (χ2v) is 5.53. The molecule has 112 valence electrons. The first-order chi connectivity index (χ1) is 10.6. The molecular weight excluding hydrogens is 304 g/mol. The molecule has 3 aromatic rings. The van der Waals surface area contributed by atoms with Crippen LogP contribution in [-0.4, -0.2) is 19.7 Å². The first-order valence-electron chi connectivity index (χ1n) is 6.43. The zero-order chi connectivity index (χ0) is 15.5. The minimum Gasteiger partial charge on any atom is -0.768 e. The SMILES string of the molecule is O=C(NCc1ccc(S(=O)[O-])cc1)c1cc2ccncc2o1. The van der Waals surface area contributed by atoms with Gasteiger partial charge in [0.1, 0.15) is 0 Å². The van der Waals surface area contributed by atoms with E-state index in [0.717, 1.165) is 10.9 Å². The monoisotopic (exact) mass is 315 g/mol. The van der Waals surface area contributed by atoms with Gasteiger partial charge >= 0.3 is 0 Å². The molecule has 1 amide bonds. The van der Waals surface area contributed by atoms with Gasteiger partial charge < -0.3 is 14.3 Å². The number of carbonyl (C=O) groups is 1. The zero-order valence-corrected chi connectivity index (χ0v) is 12.1. The van der Waals surface area contributed by atoms with E-state index in [0.29, 0.717) is 5.58 Å². The average Bonchev–Trinajstić information content (AvgIpc) is 2.97. The van der Waals surface area contributed by atoms with Crippen molar-refractivity contribution in [3.63, 3.8) is 0 Å². The number of nitrogens with one attached hydrogen (secondary N) is 1. The lowest BCUT2D eigenvalue weighted by Gasteiger charge is -2.07. The third-order valence-corrected chi connectivity index (χ3v) is 3.77. The molecule has 2 heterocycles. The topological polar surface area (TPSA) is 95.3 Å². The lowest BCUT2D eigenvalue weighted by molar-refractivity contribution is 0.0925. The number of rotatable bonds is 4. The predicted molar refractivity (Wildman–Crippen MR) is 78.8 cm³/mol. The molecule has 0 saturated carbocycles. The van der Waals surface area contributed by atoms with E-state index in [1.807, 2.05) is 0 Å². The summed E-state index contributed by atoms with van der Waals surface area (Å²) in [5, 5.41) is 3.53. The summed E-state index contributed by atoms with van der Waals surface area (Å²) < 4.78 is 26.9. The third-order valence-electron chi connectivity index (χ3n) is 3.12. The lowest BCUT2D eigenvalue weighted by Crippen LogP contribution is -2.22. The van der Waals surface area contributed by atoms with Crippen molar-refractivity contribution in [3.05, 3.63) is 60.1 Å². The van der Waals surface area contributed by atoms with Crippen LogP contribution in [0.5, 0.6) is 0 Å². The van der Waals surface area contributed by atoms with Gasteiger partial charge in [0.25, 0.3) is 5.91 Å². The van der Waals surface area contributed by atoms with E-state index in [4.69, 9.17) is 4.42 Å². The van der Waals surface area contributed by atoms with Crippen molar-refractivity contribution in [2.24, 2.45) is 0 Å². The van der Waals surface area contributed by atoms with E-state index in [1.54, 1.807) is 36.7 Å². The normalized spacial score (nSPS) is 12.2. The van der Waals surface area contributed by atoms with E-state index in [9.17, 15) is 13.6 Å². The van der Waals surface area contributed by atoms with Crippen LogP contribution >= 0.6 is 0 Å². The van der Waals surface area contributed by atoms with Gasteiger partial charge in [0, 0.05) is 23.0 Å². The van der Waals surface area contributed by atoms with Crippen LogP contribution in [0.15, 0.2) is 58.1 Å². The highest BCUT2D eigenvalue weighted by Crippen LogP contribution is 2.17. The van der Waals surface area contributed by atoms with Crippen LogP contribution in [0.2, 0.25) is 0 Å². The summed E-state index contributed by atoms with van der Waals surface area (Å²) in [6, 6.07) is 9.67. The Labute approximate surface area is 128 Å². The number of fused-ring (bicyclic) bond motifs is 1. The summed E-state index contributed by atoms with van der Waals surface area (Å²) in [6.07, 6.45) is 3.18. The molecule has 2 aromatic heterocycles. The van der Waals surface area contributed by atoms with E-state index in [2.05, 4.69) is 10.3 Å². The highest BCUT2D eigenvalue weighted by atomic mass is 32.2. The molecular formula is C15H11N2O4S-. The predicted octanol–water partition coefficient (Wildman–Crippen LogP) is 2.00. The van der Waals surface area contributed by atoms with E-state index in [1.165, 1.54) is 12.1 Å². The van der Waals surface area contributed by atoms with Crippen LogP contribution < -0.4 is 5.32 Å². The number of pyridine rings is 1. The molecule has 1 atom stereocenters. The standard InChI is InChI=1S/C15H12N2O4S/c18-15(13-7-11-5-6-16-9-14(11)21-13)17-8-10-1-3-12(4-2-10)22(19)20/h1-7,9H,8H2,(H,17,18)(H,19,20)/p-1. The van der Waals surface area contributed by atoms with Crippen LogP contribution in [0.4, 0.5) is 0 Å². The molecule has 0 spiro atoms. The maximum atomic E-state index is 12.0. The molecule has 7 heteroatoms. The smallest absolute Gasteiger partial charge is 0.287 e. The van der Waals surface area contributed by atoms with Crippen LogP contribution in [0.1, 0.15) is 16.1 Å². The Balaban J connectivity index is 1.67. The summed E-state index contributed by atoms with van der Waals surface area (Å²) in [4.78, 5) is 16.2. The van der Waals surface area contributed by atoms with Crippen molar-refractivity contribution >= 4 is 28.0 Å². The molecule has 22 heavy (non-hydrogen) atoms. The highest BCUT2D eigenvalue weighted by molar-refractivity contribution is 7.79. The molecule has 0 saturated heterocycles. The molecule has 3 rings (SSSR count). The number of hydrogen-bond donors (Lipinski definition) is 1. The number of aromatic nitrogens is 1. The lowest BCUT2D eigenvalue weighted by atomic mass is 10.2. The van der Waals surface area contributed by atoms with Gasteiger partial charge in [0.05, 0.1) is 6.20 Å². The number of amides is 1. The van der Waals surface area contributed by atoms with E-state index >= 15 is 0 Å². The van der Waals surface area contributed by atoms with Crippen molar-refractivity contribution in [1.29, 1.82) is 0 Å².